The van der Waals surface area contributed by atoms with Gasteiger partial charge in [-0.15, -0.1) is 11.3 Å². The highest BCUT2D eigenvalue weighted by atomic mass is 32.1. The van der Waals surface area contributed by atoms with Gasteiger partial charge in [0.1, 0.15) is 30.1 Å². The fourth-order valence-corrected chi connectivity index (χ4v) is 11.9. The van der Waals surface area contributed by atoms with Crippen LogP contribution in [0.2, 0.25) is 0 Å². The summed E-state index contributed by atoms with van der Waals surface area (Å²) in [5, 5.41) is 34.2. The van der Waals surface area contributed by atoms with E-state index in [-0.39, 0.29) is 60.7 Å². The molecule has 0 aromatic carbocycles. The summed E-state index contributed by atoms with van der Waals surface area (Å²) in [6.45, 7) is 15.0. The number of carbonyl (C=O) groups excluding carboxylic acids is 5. The quantitative estimate of drug-likeness (QED) is 0.141. The Morgan fingerprint density at radius 1 is 0.870 bits per heavy atom. The van der Waals surface area contributed by atoms with Crippen molar-refractivity contribution in [1.82, 2.24) is 4.90 Å². The van der Waals surface area contributed by atoms with Gasteiger partial charge in [-0.1, -0.05) is 76.6 Å². The Balaban J connectivity index is 1.50. The van der Waals surface area contributed by atoms with Crippen LogP contribution in [0.3, 0.4) is 0 Å². The van der Waals surface area contributed by atoms with E-state index in [9.17, 15) is 39.3 Å². The lowest BCUT2D eigenvalue weighted by Gasteiger charge is -2.43. The van der Waals surface area contributed by atoms with Gasteiger partial charge in [0, 0.05) is 60.6 Å². The maximum absolute atomic E-state index is 14.5. The number of ketones is 3. The Labute approximate surface area is 414 Å². The van der Waals surface area contributed by atoms with Gasteiger partial charge >= 0.3 is 5.97 Å². The van der Waals surface area contributed by atoms with Gasteiger partial charge in [0.15, 0.2) is 5.78 Å². The highest BCUT2D eigenvalue weighted by molar-refractivity contribution is 7.12. The number of hydrogen-bond donors (Lipinski definition) is 3. The number of allylic oxidation sites excluding steroid dienone is 7. The molecule has 2 saturated heterocycles. The summed E-state index contributed by atoms with van der Waals surface area (Å²) in [5.74, 6) is -7.96. The number of carbonyl (C=O) groups is 5. The lowest BCUT2D eigenvalue weighted by Crippen LogP contribution is -2.60. The van der Waals surface area contributed by atoms with Crippen molar-refractivity contribution in [2.75, 3.05) is 20.8 Å². The summed E-state index contributed by atoms with van der Waals surface area (Å²) in [7, 11) is 2.96. The molecule has 1 aromatic heterocycles. The standard InChI is InChI=1S/C55H81NO12S/c1-32-16-12-11-13-17-33(2)42(48-24-20-39(8)69-48)30-41-22-19-38(7)55(64,68-41)52(61)53(62)56-25-15-14-18-43(56)54(63)67-46(35(4)28-40-21-23-44(57)47(29-40)65-9)31-45(58)34(3)27-37(6)50(60)51(66-10)49(59)36(5)26-32/h11-13,16-17,20,24,27,32,34-36,38,40-44,46-47,50-51,57,60,64H,14-15,18-19,21-23,25-26,28-31H2,1-10H3/b13-11+,16-12-,33-17+,37-27+/t32-,34-,35-,36-,38-,40+,41+,42-,43+,44-,46+,47-,50-,51+,55-/m1/s1. The number of aliphatic hydroxyl groups excluding tert-OH is 2. The van der Waals surface area contributed by atoms with Crippen LogP contribution in [0.15, 0.2) is 59.7 Å². The largest absolute Gasteiger partial charge is 0.460 e. The zero-order chi connectivity index (χ0) is 50.7. The van der Waals surface area contributed by atoms with Gasteiger partial charge in [-0.3, -0.25) is 19.2 Å². The minimum atomic E-state index is -2.42. The lowest BCUT2D eigenvalue weighted by atomic mass is 9.78. The van der Waals surface area contributed by atoms with E-state index >= 15 is 0 Å². The SMILES string of the molecule is CO[C@@H]1C[C@H](C[C@@H](C)[C@@H]2CC(=O)[C@H](C)/C=C(\C)[C@@H](O)[C@@H](OC)C(=O)[C@H](C)C[C@H](C)\C=C/C=C/C=C(\C)[C@H](c3ccc(C)s3)C[C@@H]3CC[C@@H](C)[C@@](O)(O3)C(=O)C(=O)N3CCCC[C@H]3C(=O)O2)CC[C@H]1O. The number of rotatable bonds is 6. The number of methoxy groups -OCH3 is 2. The molecule has 0 radical (unpaired) electrons. The van der Waals surface area contributed by atoms with Crippen molar-refractivity contribution in [3.8, 4) is 0 Å². The van der Waals surface area contributed by atoms with E-state index in [2.05, 4.69) is 12.1 Å². The topological polar surface area (TPSA) is 186 Å². The van der Waals surface area contributed by atoms with Crippen molar-refractivity contribution in [2.45, 2.75) is 187 Å². The average Bonchev–Trinajstić information content (AvgIpc) is 3.76. The summed E-state index contributed by atoms with van der Waals surface area (Å²) >= 11 is 1.67. The first-order valence-electron chi connectivity index (χ1n) is 25.4. The number of nitrogens with zero attached hydrogens (tertiary/aromatic N) is 1. The molecule has 384 valence electrons. The summed E-state index contributed by atoms with van der Waals surface area (Å²) in [4.78, 5) is 74.8. The van der Waals surface area contributed by atoms with Crippen molar-refractivity contribution in [1.29, 1.82) is 0 Å². The summed E-state index contributed by atoms with van der Waals surface area (Å²) in [5.41, 5.74) is 1.44. The molecule has 3 fully saturated rings. The predicted octanol–water partition coefficient (Wildman–Crippen LogP) is 8.32. The highest BCUT2D eigenvalue weighted by Gasteiger charge is 2.53. The minimum absolute atomic E-state index is 0.0241. The molecule has 2 bridgehead atoms. The second-order valence-corrected chi connectivity index (χ2v) is 22.2. The van der Waals surface area contributed by atoms with Gasteiger partial charge in [0.25, 0.3) is 11.7 Å². The van der Waals surface area contributed by atoms with Crippen LogP contribution in [0.5, 0.6) is 0 Å². The third-order valence-electron chi connectivity index (χ3n) is 15.4. The summed E-state index contributed by atoms with van der Waals surface area (Å²) < 4.78 is 23.9. The zero-order valence-electron chi connectivity index (χ0n) is 42.8. The Morgan fingerprint density at radius 2 is 1.61 bits per heavy atom. The highest BCUT2D eigenvalue weighted by Crippen LogP contribution is 2.41. The lowest BCUT2D eigenvalue weighted by molar-refractivity contribution is -0.264. The van der Waals surface area contributed by atoms with Crippen LogP contribution in [-0.2, 0) is 42.9 Å². The minimum Gasteiger partial charge on any atom is -0.460 e. The normalized spacial score (nSPS) is 38.8. The molecular weight excluding hydrogens is 899 g/mol. The van der Waals surface area contributed by atoms with Crippen LogP contribution in [0, 0.1) is 42.4 Å². The van der Waals surface area contributed by atoms with Gasteiger partial charge in [-0.25, -0.2) is 4.79 Å². The third-order valence-corrected chi connectivity index (χ3v) is 16.5. The Kier molecular flexibility index (Phi) is 20.9. The van der Waals surface area contributed by atoms with E-state index in [4.69, 9.17) is 18.9 Å². The van der Waals surface area contributed by atoms with Crippen LogP contribution in [0.25, 0.3) is 0 Å². The monoisotopic (exact) mass is 980 g/mol. The van der Waals surface area contributed by atoms with E-state index in [1.165, 1.54) is 12.0 Å². The molecule has 4 heterocycles. The van der Waals surface area contributed by atoms with Crippen LogP contribution in [-0.4, -0.2) is 119 Å². The van der Waals surface area contributed by atoms with Gasteiger partial charge in [-0.05, 0) is 127 Å². The fourth-order valence-electron chi connectivity index (χ4n) is 10.8. The van der Waals surface area contributed by atoms with E-state index in [0.717, 1.165) is 21.7 Å². The first kappa shape index (κ1) is 56.3. The molecule has 3 N–H and O–H groups in total. The van der Waals surface area contributed by atoms with Crippen molar-refractivity contribution in [3.63, 3.8) is 0 Å². The molecule has 13 nitrogen and oxygen atoms in total. The summed E-state index contributed by atoms with van der Waals surface area (Å²) in [6.07, 6.45) is 12.3. The van der Waals surface area contributed by atoms with E-state index in [1.807, 2.05) is 65.0 Å². The number of Topliss-reactive ketones (excluding diaryl/α,β-unsaturated/α-hetero) is 3. The molecule has 5 rings (SSSR count). The van der Waals surface area contributed by atoms with E-state index in [0.29, 0.717) is 63.4 Å². The fraction of sp³-hybridized carbons (Fsp3) is 0.691. The van der Waals surface area contributed by atoms with Crippen molar-refractivity contribution >= 4 is 40.6 Å². The Morgan fingerprint density at radius 3 is 2.29 bits per heavy atom. The number of thiophene rings is 1. The molecule has 4 aliphatic rings. The second kappa shape index (κ2) is 25.7. The number of aliphatic hydroxyl groups is 3. The number of amides is 1. The van der Waals surface area contributed by atoms with E-state index < -0.39 is 77.8 Å². The Hall–Kier alpha value is -3.63. The smallest absolute Gasteiger partial charge is 0.329 e. The number of cyclic esters (lactones) is 1. The maximum Gasteiger partial charge on any atom is 0.329 e. The van der Waals surface area contributed by atoms with Gasteiger partial charge in [0.2, 0.25) is 5.79 Å². The van der Waals surface area contributed by atoms with Crippen LogP contribution < -0.4 is 0 Å². The van der Waals surface area contributed by atoms with Gasteiger partial charge in [-0.2, -0.15) is 0 Å². The number of piperidine rings is 1. The molecule has 3 aliphatic heterocycles. The van der Waals surface area contributed by atoms with Crippen LogP contribution >= 0.6 is 11.3 Å². The van der Waals surface area contributed by atoms with Crippen molar-refractivity contribution < 1.29 is 58.2 Å². The van der Waals surface area contributed by atoms with Gasteiger partial charge < -0.3 is 39.2 Å². The molecular formula is C55H81NO12S. The zero-order valence-corrected chi connectivity index (χ0v) is 43.6. The molecule has 1 amide bonds. The predicted molar refractivity (Wildman–Crippen MR) is 266 cm³/mol. The second-order valence-electron chi connectivity index (χ2n) is 20.9. The number of aryl methyl sites for hydroxylation is 1. The summed E-state index contributed by atoms with van der Waals surface area (Å²) in [6, 6.07) is 3.02. The number of hydrogen-bond acceptors (Lipinski definition) is 13. The molecule has 1 saturated carbocycles. The van der Waals surface area contributed by atoms with E-state index in [1.54, 1.807) is 45.3 Å². The molecule has 69 heavy (non-hydrogen) atoms. The number of esters is 1. The maximum atomic E-state index is 14.5. The molecule has 0 unspecified atom stereocenters. The Bertz CT molecular complexity index is 2060. The molecule has 15 atom stereocenters. The van der Waals surface area contributed by atoms with Crippen molar-refractivity contribution in [2.24, 2.45) is 35.5 Å². The first-order valence-corrected chi connectivity index (χ1v) is 26.2. The third kappa shape index (κ3) is 14.5. The average molecular weight is 980 g/mol. The molecule has 14 heteroatoms. The van der Waals surface area contributed by atoms with Crippen LogP contribution in [0.4, 0.5) is 0 Å². The number of fused-ring (bicyclic) bond motifs is 3. The molecule has 1 aliphatic carbocycles. The molecule has 0 spiro atoms. The van der Waals surface area contributed by atoms with Gasteiger partial charge in [0.05, 0.1) is 18.3 Å². The molecule has 1 aromatic rings. The number of ether oxygens (including phenoxy) is 4. The van der Waals surface area contributed by atoms with Crippen LogP contribution in [0.1, 0.15) is 141 Å². The van der Waals surface area contributed by atoms with Crippen molar-refractivity contribution in [3.05, 3.63) is 69.5 Å². The first-order chi connectivity index (χ1) is 32.7.